The number of carbonyl (C=O) groups is 1. The van der Waals surface area contributed by atoms with Crippen molar-refractivity contribution in [3.05, 3.63) is 93.8 Å². The minimum atomic E-state index is -0.391. The van der Waals surface area contributed by atoms with Gasteiger partial charge in [-0.15, -0.1) is 0 Å². The highest BCUT2D eigenvalue weighted by atomic mass is 19.1. The van der Waals surface area contributed by atoms with Gasteiger partial charge in [-0.2, -0.15) is 0 Å². The van der Waals surface area contributed by atoms with Crippen LogP contribution in [-0.2, 0) is 13.5 Å². The van der Waals surface area contributed by atoms with Crippen LogP contribution in [0.1, 0.15) is 28.0 Å². The van der Waals surface area contributed by atoms with Gasteiger partial charge in [0.25, 0.3) is 5.56 Å². The molecule has 178 valence electrons. The molecule has 2 aromatic heterocycles. The number of nitrogens with two attached hydrogens (primary N) is 1. The molecule has 0 aliphatic rings. The van der Waals surface area contributed by atoms with Gasteiger partial charge >= 0.3 is 0 Å². The minimum absolute atomic E-state index is 0.0142. The number of nitrogen functional groups attached to an aromatic ring is 1. The summed E-state index contributed by atoms with van der Waals surface area (Å²) in [7, 11) is 3.22. The number of carbonyl (C=O) groups excluding carboxylic acids is 1. The number of ether oxygens (including phenoxy) is 1. The largest absolute Gasteiger partial charge is 0.496 e. The molecule has 0 saturated carbocycles. The average molecular weight is 473 g/mol. The first kappa shape index (κ1) is 23.8. The van der Waals surface area contributed by atoms with Crippen molar-refractivity contribution < 1.29 is 13.9 Å². The molecule has 2 N–H and O–H groups in total. The fraction of sp³-hybridized carbons (Fsp3) is 0.185. The van der Waals surface area contributed by atoms with E-state index in [1.807, 2.05) is 24.3 Å². The molecule has 0 aliphatic heterocycles. The van der Waals surface area contributed by atoms with Gasteiger partial charge in [-0.3, -0.25) is 9.59 Å². The van der Waals surface area contributed by atoms with Crippen LogP contribution in [0.5, 0.6) is 5.75 Å². The molecule has 0 amide bonds. The Bertz CT molecular complexity index is 1440. The van der Waals surface area contributed by atoms with Crippen molar-refractivity contribution in [3.63, 3.8) is 0 Å². The predicted molar refractivity (Wildman–Crippen MR) is 133 cm³/mol. The van der Waals surface area contributed by atoms with Crippen LogP contribution in [0, 0.1) is 12.7 Å². The summed E-state index contributed by atoms with van der Waals surface area (Å²) in [5, 5.41) is 0. The van der Waals surface area contributed by atoms with Crippen molar-refractivity contribution in [2.24, 2.45) is 7.05 Å². The Balaban J connectivity index is 1.79. The molecule has 35 heavy (non-hydrogen) atoms. The van der Waals surface area contributed by atoms with Crippen LogP contribution in [0.3, 0.4) is 0 Å². The molecular formula is C27H25FN4O3. The van der Waals surface area contributed by atoms with Gasteiger partial charge in [-0.1, -0.05) is 18.2 Å². The number of nitrogens with zero attached hydrogens (tertiary/aromatic N) is 3. The lowest BCUT2D eigenvalue weighted by Crippen LogP contribution is -2.19. The summed E-state index contributed by atoms with van der Waals surface area (Å²) in [5.41, 5.74) is 9.45. The third-order valence-corrected chi connectivity index (χ3v) is 5.75. The fourth-order valence-electron chi connectivity index (χ4n) is 3.95. The van der Waals surface area contributed by atoms with Gasteiger partial charge in [0.1, 0.15) is 17.3 Å². The molecule has 0 atom stereocenters. The van der Waals surface area contributed by atoms with E-state index in [2.05, 4.69) is 9.97 Å². The molecular weight excluding hydrogens is 447 g/mol. The van der Waals surface area contributed by atoms with Crippen molar-refractivity contribution in [1.82, 2.24) is 14.5 Å². The number of halogens is 1. The van der Waals surface area contributed by atoms with Gasteiger partial charge < -0.3 is 15.0 Å². The molecule has 8 heteroatoms. The van der Waals surface area contributed by atoms with Gasteiger partial charge in [-0.25, -0.2) is 14.4 Å². The van der Waals surface area contributed by atoms with Gasteiger partial charge in [0.2, 0.25) is 0 Å². The standard InChI is InChI=1S/C27H25FN4O3/c1-16-14-19(15-32(2)27(16)34)24-23(18-8-11-20(28)12-9-18)31-26(29)25(30-24)21(33)13-10-17-6-4-5-7-22(17)35-3/h4-9,11-12,14-15H,10,13H2,1-3H3,(H2,29,31). The van der Waals surface area contributed by atoms with Gasteiger partial charge in [0.05, 0.1) is 18.5 Å². The number of rotatable bonds is 7. The van der Waals surface area contributed by atoms with Crippen molar-refractivity contribution >= 4 is 11.6 Å². The van der Waals surface area contributed by atoms with E-state index < -0.39 is 5.82 Å². The zero-order valence-corrected chi connectivity index (χ0v) is 19.7. The van der Waals surface area contributed by atoms with Crippen LogP contribution < -0.4 is 16.0 Å². The molecule has 0 spiro atoms. The highest BCUT2D eigenvalue weighted by Crippen LogP contribution is 2.31. The lowest BCUT2D eigenvalue weighted by atomic mass is 10.0. The second kappa shape index (κ2) is 9.89. The lowest BCUT2D eigenvalue weighted by molar-refractivity contribution is 0.0978. The van der Waals surface area contributed by atoms with Crippen LogP contribution in [0.4, 0.5) is 10.2 Å². The Morgan fingerprint density at radius 2 is 1.74 bits per heavy atom. The molecule has 0 radical (unpaired) electrons. The number of aromatic nitrogens is 3. The first-order valence-electron chi connectivity index (χ1n) is 11.0. The van der Waals surface area contributed by atoms with E-state index >= 15 is 0 Å². The summed E-state index contributed by atoms with van der Waals surface area (Å²) in [6.45, 7) is 1.70. The SMILES string of the molecule is COc1ccccc1CCC(=O)c1nc(-c2cc(C)c(=O)n(C)c2)c(-c2ccc(F)cc2)nc1N. The fourth-order valence-corrected chi connectivity index (χ4v) is 3.95. The summed E-state index contributed by atoms with van der Waals surface area (Å²) in [6, 6.07) is 14.9. The Morgan fingerprint density at radius 3 is 2.43 bits per heavy atom. The summed E-state index contributed by atoms with van der Waals surface area (Å²) in [6.07, 6.45) is 2.23. The summed E-state index contributed by atoms with van der Waals surface area (Å²) >= 11 is 0. The van der Waals surface area contributed by atoms with Crippen LogP contribution in [-0.4, -0.2) is 27.4 Å². The average Bonchev–Trinajstić information content (AvgIpc) is 2.86. The van der Waals surface area contributed by atoms with Gasteiger partial charge in [-0.05, 0) is 55.3 Å². The number of anilines is 1. The van der Waals surface area contributed by atoms with Crippen molar-refractivity contribution in [3.8, 4) is 28.3 Å². The lowest BCUT2D eigenvalue weighted by Gasteiger charge is -2.14. The number of ketones is 1. The molecule has 4 aromatic rings. The van der Waals surface area contributed by atoms with Gasteiger partial charge in [0.15, 0.2) is 11.6 Å². The Morgan fingerprint density at radius 1 is 1.06 bits per heavy atom. The normalized spacial score (nSPS) is 10.9. The number of aryl methyl sites for hydroxylation is 3. The minimum Gasteiger partial charge on any atom is -0.496 e. The highest BCUT2D eigenvalue weighted by Gasteiger charge is 2.21. The first-order valence-corrected chi connectivity index (χ1v) is 11.0. The van der Waals surface area contributed by atoms with Crippen molar-refractivity contribution in [1.29, 1.82) is 0 Å². The molecule has 7 nitrogen and oxygen atoms in total. The number of Topliss-reactive ketones (excluding diaryl/α,β-unsaturated/α-hetero) is 1. The Labute approximate surface area is 202 Å². The van der Waals surface area contributed by atoms with Crippen LogP contribution in [0.15, 0.2) is 65.6 Å². The maximum absolute atomic E-state index is 13.6. The van der Waals surface area contributed by atoms with Crippen LogP contribution in [0.25, 0.3) is 22.5 Å². The third-order valence-electron chi connectivity index (χ3n) is 5.75. The number of hydrogen-bond acceptors (Lipinski definition) is 6. The van der Waals surface area contributed by atoms with Crippen LogP contribution in [0.2, 0.25) is 0 Å². The smallest absolute Gasteiger partial charge is 0.253 e. The molecule has 0 fully saturated rings. The third kappa shape index (κ3) is 4.96. The maximum atomic E-state index is 13.6. The number of methoxy groups -OCH3 is 1. The van der Waals surface area contributed by atoms with Crippen LogP contribution >= 0.6 is 0 Å². The zero-order chi connectivity index (χ0) is 25.1. The van der Waals surface area contributed by atoms with Crippen molar-refractivity contribution in [2.75, 3.05) is 12.8 Å². The van der Waals surface area contributed by atoms with Crippen molar-refractivity contribution in [2.45, 2.75) is 19.8 Å². The molecule has 0 unspecified atom stereocenters. The van der Waals surface area contributed by atoms with E-state index in [4.69, 9.17) is 10.5 Å². The molecule has 2 aromatic carbocycles. The van der Waals surface area contributed by atoms with E-state index in [1.165, 1.54) is 16.7 Å². The number of benzene rings is 2. The Kier molecular flexibility index (Phi) is 6.73. The summed E-state index contributed by atoms with van der Waals surface area (Å²) in [4.78, 5) is 34.6. The second-order valence-corrected chi connectivity index (χ2v) is 8.22. The maximum Gasteiger partial charge on any atom is 0.253 e. The van der Waals surface area contributed by atoms with E-state index in [9.17, 15) is 14.0 Å². The van der Waals surface area contributed by atoms with E-state index in [0.29, 0.717) is 40.2 Å². The number of hydrogen-bond donors (Lipinski definition) is 1. The van der Waals surface area contributed by atoms with E-state index in [0.717, 1.165) is 5.56 Å². The molecule has 0 saturated heterocycles. The predicted octanol–water partition coefficient (Wildman–Crippen LogP) is 4.36. The van der Waals surface area contributed by atoms with Gasteiger partial charge in [0, 0.05) is 36.4 Å². The number of pyridine rings is 1. The Hall–Kier alpha value is -4.33. The quantitative estimate of drug-likeness (QED) is 0.401. The monoisotopic (exact) mass is 472 g/mol. The summed E-state index contributed by atoms with van der Waals surface area (Å²) in [5.74, 6) is 0.0266. The highest BCUT2D eigenvalue weighted by molar-refractivity contribution is 5.99. The zero-order valence-electron chi connectivity index (χ0n) is 19.7. The second-order valence-electron chi connectivity index (χ2n) is 8.22. The molecule has 0 aliphatic carbocycles. The topological polar surface area (TPSA) is 100 Å². The van der Waals surface area contributed by atoms with E-state index in [-0.39, 0.29) is 29.3 Å². The first-order chi connectivity index (χ1) is 16.8. The summed E-state index contributed by atoms with van der Waals surface area (Å²) < 4.78 is 20.4. The molecule has 0 bridgehead atoms. The molecule has 2 heterocycles. The van der Waals surface area contributed by atoms with E-state index in [1.54, 1.807) is 45.5 Å². The number of para-hydroxylation sites is 1. The molecule has 4 rings (SSSR count).